The summed E-state index contributed by atoms with van der Waals surface area (Å²) in [5, 5.41) is 9.59. The van der Waals surface area contributed by atoms with Crippen molar-refractivity contribution in [3.63, 3.8) is 0 Å². The Morgan fingerprint density at radius 1 is 1.17 bits per heavy atom. The first-order valence-electron chi connectivity index (χ1n) is 8.84. The Balaban J connectivity index is 1.96. The van der Waals surface area contributed by atoms with Gasteiger partial charge in [-0.2, -0.15) is 13.2 Å². The van der Waals surface area contributed by atoms with Gasteiger partial charge < -0.3 is 5.11 Å². The van der Waals surface area contributed by atoms with E-state index < -0.39 is 23.3 Å². The second kappa shape index (κ2) is 7.34. The zero-order valence-corrected chi connectivity index (χ0v) is 15.6. The van der Waals surface area contributed by atoms with Crippen LogP contribution in [-0.4, -0.2) is 40.8 Å². The molecule has 4 aromatic heterocycles. The molecule has 4 rings (SSSR count). The third kappa shape index (κ3) is 3.43. The van der Waals surface area contributed by atoms with Crippen molar-refractivity contribution in [2.24, 2.45) is 0 Å². The summed E-state index contributed by atoms with van der Waals surface area (Å²) in [6, 6.07) is 3.02. The second-order valence-corrected chi connectivity index (χ2v) is 6.62. The number of hydrogen-bond acceptors (Lipinski definition) is 6. The lowest BCUT2D eigenvalue weighted by molar-refractivity contribution is -0.137. The molecule has 0 spiro atoms. The molecule has 0 aliphatic carbocycles. The van der Waals surface area contributed by atoms with Crippen molar-refractivity contribution in [3.05, 3.63) is 65.4 Å². The predicted octanol–water partition coefficient (Wildman–Crippen LogP) is 2.61. The maximum Gasteiger partial charge on any atom is 0.417 e. The molecule has 30 heavy (non-hydrogen) atoms. The number of rotatable bonds is 4. The molecule has 1 atom stereocenters. The monoisotopic (exact) mass is 416 g/mol. The van der Waals surface area contributed by atoms with Crippen molar-refractivity contribution >= 4 is 10.9 Å². The molecule has 0 saturated carbocycles. The van der Waals surface area contributed by atoms with Crippen LogP contribution < -0.4 is 5.56 Å². The average molecular weight is 416 g/mol. The van der Waals surface area contributed by atoms with Gasteiger partial charge in [-0.3, -0.25) is 18.9 Å². The number of halogens is 3. The molecule has 1 unspecified atom stereocenters. The van der Waals surface area contributed by atoms with Crippen LogP contribution in [0.2, 0.25) is 0 Å². The first-order chi connectivity index (χ1) is 14.3. The lowest BCUT2D eigenvalue weighted by Gasteiger charge is -2.14. The normalized spacial score (nSPS) is 13.0. The highest BCUT2D eigenvalue weighted by Crippen LogP contribution is 2.30. The van der Waals surface area contributed by atoms with Gasteiger partial charge in [-0.05, 0) is 25.1 Å². The highest BCUT2D eigenvalue weighted by Gasteiger charge is 2.30. The average Bonchev–Trinajstić information content (AvgIpc) is 3.27. The molecule has 4 aromatic rings. The third-order valence-electron chi connectivity index (χ3n) is 4.59. The number of aromatic nitrogens is 6. The summed E-state index contributed by atoms with van der Waals surface area (Å²) in [5.41, 5.74) is -0.652. The van der Waals surface area contributed by atoms with E-state index in [1.54, 1.807) is 17.7 Å². The first-order valence-corrected chi connectivity index (χ1v) is 8.84. The van der Waals surface area contributed by atoms with E-state index in [1.807, 2.05) is 0 Å². The quantitative estimate of drug-likeness (QED) is 0.549. The molecule has 154 valence electrons. The van der Waals surface area contributed by atoms with Crippen molar-refractivity contribution in [2.75, 3.05) is 6.61 Å². The number of nitrogens with zero attached hydrogens (tertiary/aromatic N) is 6. The van der Waals surface area contributed by atoms with E-state index in [2.05, 4.69) is 19.9 Å². The Morgan fingerprint density at radius 2 is 1.97 bits per heavy atom. The van der Waals surface area contributed by atoms with Crippen LogP contribution in [0.25, 0.3) is 28.1 Å². The van der Waals surface area contributed by atoms with Gasteiger partial charge in [0.1, 0.15) is 11.8 Å². The van der Waals surface area contributed by atoms with Gasteiger partial charge in [0, 0.05) is 18.6 Å². The standard InChI is InChI=1S/C19H15F3N6O2/c1-11(8-29)28-10-25-16-13(18(28)30)6-15(26-17(16)27-5-4-23-9-27)14-3-2-12(7-24-14)19(20,21)22/h2-7,9-11,29H,8H2,1H3. The van der Waals surface area contributed by atoms with Crippen LogP contribution >= 0.6 is 0 Å². The lowest BCUT2D eigenvalue weighted by atomic mass is 10.1. The van der Waals surface area contributed by atoms with Gasteiger partial charge in [0.05, 0.1) is 41.3 Å². The van der Waals surface area contributed by atoms with Gasteiger partial charge in [-0.25, -0.2) is 15.0 Å². The van der Waals surface area contributed by atoms with Crippen molar-refractivity contribution in [3.8, 4) is 17.2 Å². The Bertz CT molecular complexity index is 1250. The van der Waals surface area contributed by atoms with Gasteiger partial charge in [0.15, 0.2) is 5.82 Å². The number of alkyl halides is 3. The zero-order chi connectivity index (χ0) is 21.5. The van der Waals surface area contributed by atoms with Crippen molar-refractivity contribution in [2.45, 2.75) is 19.1 Å². The van der Waals surface area contributed by atoms with Crippen LogP contribution in [-0.2, 0) is 6.18 Å². The number of hydrogen-bond donors (Lipinski definition) is 1. The molecule has 4 heterocycles. The number of fused-ring (bicyclic) bond motifs is 1. The SMILES string of the molecule is CC(CO)n1cnc2c(-n3ccnc3)nc(-c3ccc(C(F)(F)F)cn3)cc2c1=O. The van der Waals surface area contributed by atoms with Crippen LogP contribution in [0.3, 0.4) is 0 Å². The van der Waals surface area contributed by atoms with Crippen LogP contribution in [0.15, 0.2) is 54.2 Å². The Morgan fingerprint density at radius 3 is 2.57 bits per heavy atom. The molecule has 0 saturated heterocycles. The van der Waals surface area contributed by atoms with E-state index in [-0.39, 0.29) is 34.7 Å². The molecule has 0 radical (unpaired) electrons. The number of aliphatic hydroxyl groups is 1. The number of pyridine rings is 2. The molecule has 0 fully saturated rings. The smallest absolute Gasteiger partial charge is 0.394 e. The lowest BCUT2D eigenvalue weighted by Crippen LogP contribution is -2.26. The van der Waals surface area contributed by atoms with Gasteiger partial charge in [0.2, 0.25) is 0 Å². The zero-order valence-electron chi connectivity index (χ0n) is 15.6. The van der Waals surface area contributed by atoms with Crippen LogP contribution in [0.5, 0.6) is 0 Å². The van der Waals surface area contributed by atoms with E-state index in [0.29, 0.717) is 6.20 Å². The maximum atomic E-state index is 13.0. The topological polar surface area (TPSA) is 98.7 Å². The van der Waals surface area contributed by atoms with E-state index >= 15 is 0 Å². The van der Waals surface area contributed by atoms with Crippen LogP contribution in [0.4, 0.5) is 13.2 Å². The molecule has 11 heteroatoms. The minimum absolute atomic E-state index is 0.163. The Labute approximate surface area is 167 Å². The minimum atomic E-state index is -4.51. The highest BCUT2D eigenvalue weighted by molar-refractivity contribution is 5.87. The summed E-state index contributed by atoms with van der Waals surface area (Å²) >= 11 is 0. The summed E-state index contributed by atoms with van der Waals surface area (Å²) in [7, 11) is 0. The number of imidazole rings is 1. The molecule has 0 aromatic carbocycles. The summed E-state index contributed by atoms with van der Waals surface area (Å²) in [4.78, 5) is 29.6. The van der Waals surface area contributed by atoms with E-state index in [9.17, 15) is 23.1 Å². The van der Waals surface area contributed by atoms with Crippen molar-refractivity contribution in [1.82, 2.24) is 29.1 Å². The predicted molar refractivity (Wildman–Crippen MR) is 101 cm³/mol. The Hall–Kier alpha value is -3.60. The molecule has 0 bridgehead atoms. The van der Waals surface area contributed by atoms with E-state index in [0.717, 1.165) is 6.07 Å². The van der Waals surface area contributed by atoms with Gasteiger partial charge >= 0.3 is 6.18 Å². The summed E-state index contributed by atoms with van der Waals surface area (Å²) < 4.78 is 41.4. The summed E-state index contributed by atoms with van der Waals surface area (Å²) in [6.45, 7) is 1.39. The van der Waals surface area contributed by atoms with E-state index in [4.69, 9.17) is 0 Å². The fourth-order valence-electron chi connectivity index (χ4n) is 2.94. The van der Waals surface area contributed by atoms with Crippen LogP contribution in [0.1, 0.15) is 18.5 Å². The van der Waals surface area contributed by atoms with Crippen molar-refractivity contribution in [1.29, 1.82) is 0 Å². The fourth-order valence-corrected chi connectivity index (χ4v) is 2.94. The number of aliphatic hydroxyl groups excluding tert-OH is 1. The summed E-state index contributed by atoms with van der Waals surface area (Å²) in [6.07, 6.45) is 2.12. The fraction of sp³-hybridized carbons (Fsp3) is 0.211. The minimum Gasteiger partial charge on any atom is -0.394 e. The summed E-state index contributed by atoms with van der Waals surface area (Å²) in [5.74, 6) is 0.280. The maximum absolute atomic E-state index is 13.0. The third-order valence-corrected chi connectivity index (χ3v) is 4.59. The molecule has 8 nitrogen and oxygen atoms in total. The molecule has 0 amide bonds. The molecule has 0 aliphatic heterocycles. The second-order valence-electron chi connectivity index (χ2n) is 6.62. The Kier molecular flexibility index (Phi) is 4.82. The van der Waals surface area contributed by atoms with Crippen molar-refractivity contribution < 1.29 is 18.3 Å². The first kappa shape index (κ1) is 19.7. The molecular formula is C19H15F3N6O2. The molecule has 0 aliphatic rings. The largest absolute Gasteiger partial charge is 0.417 e. The molecule has 1 N–H and O–H groups in total. The van der Waals surface area contributed by atoms with Gasteiger partial charge in [-0.1, -0.05) is 0 Å². The highest BCUT2D eigenvalue weighted by atomic mass is 19.4. The molecular weight excluding hydrogens is 401 g/mol. The van der Waals surface area contributed by atoms with Crippen LogP contribution in [0, 0.1) is 0 Å². The van der Waals surface area contributed by atoms with Gasteiger partial charge in [0.25, 0.3) is 5.56 Å². The van der Waals surface area contributed by atoms with E-state index in [1.165, 1.54) is 35.6 Å². The van der Waals surface area contributed by atoms with Gasteiger partial charge in [-0.15, -0.1) is 0 Å².